The SMILES string of the molecule is O=[N+]([O-])c1cc([N+](=O)[O-])c(ON(c2ccccc2)c2cc(O)ccc2O)c([N+](=O)[O-])c1. The highest BCUT2D eigenvalue weighted by Gasteiger charge is 2.35. The van der Waals surface area contributed by atoms with Gasteiger partial charge in [0.2, 0.25) is 0 Å². The Morgan fingerprint density at radius 2 is 1.35 bits per heavy atom. The number of para-hydroxylation sites is 1. The summed E-state index contributed by atoms with van der Waals surface area (Å²) in [5.74, 6) is -1.63. The van der Waals surface area contributed by atoms with Crippen LogP contribution in [0.3, 0.4) is 0 Å². The molecule has 0 spiro atoms. The number of nitrogens with zero attached hydrogens (tertiary/aromatic N) is 4. The van der Waals surface area contributed by atoms with Crippen molar-refractivity contribution < 1.29 is 29.8 Å². The minimum atomic E-state index is -1.07. The lowest BCUT2D eigenvalue weighted by Crippen LogP contribution is -2.22. The van der Waals surface area contributed by atoms with Crippen molar-refractivity contribution in [3.63, 3.8) is 0 Å². The molecule has 3 aromatic carbocycles. The maximum Gasteiger partial charge on any atom is 0.328 e. The van der Waals surface area contributed by atoms with Gasteiger partial charge in [0.25, 0.3) is 5.69 Å². The molecule has 0 bridgehead atoms. The monoisotopic (exact) mass is 428 g/mol. The number of hydrogen-bond donors (Lipinski definition) is 2. The van der Waals surface area contributed by atoms with Crippen LogP contribution >= 0.6 is 0 Å². The van der Waals surface area contributed by atoms with Gasteiger partial charge in [-0.1, -0.05) is 18.2 Å². The molecular weight excluding hydrogens is 416 g/mol. The number of rotatable bonds is 7. The van der Waals surface area contributed by atoms with Crippen LogP contribution in [0.25, 0.3) is 0 Å². The molecule has 3 rings (SSSR count). The molecule has 0 saturated heterocycles. The van der Waals surface area contributed by atoms with Crippen molar-refractivity contribution in [2.75, 3.05) is 5.06 Å². The standard InChI is InChI=1S/C18H12N4O9/c23-13-6-7-17(24)14(10-13)19(11-4-2-1-3-5-11)31-18-15(21(27)28)8-12(20(25)26)9-16(18)22(29)30/h1-10,23-24H. The molecule has 0 aliphatic rings. The van der Waals surface area contributed by atoms with Gasteiger partial charge in [-0.15, -0.1) is 0 Å². The van der Waals surface area contributed by atoms with E-state index in [1.807, 2.05) is 0 Å². The highest BCUT2D eigenvalue weighted by Crippen LogP contribution is 2.44. The molecule has 31 heavy (non-hydrogen) atoms. The number of non-ortho nitro benzene ring substituents is 1. The van der Waals surface area contributed by atoms with Gasteiger partial charge in [-0.25, -0.2) is 0 Å². The Kier molecular flexibility index (Phi) is 5.50. The molecule has 0 saturated carbocycles. The van der Waals surface area contributed by atoms with E-state index in [9.17, 15) is 40.6 Å². The number of phenolic OH excluding ortho intramolecular Hbond substituents is 2. The van der Waals surface area contributed by atoms with Gasteiger partial charge in [-0.05, 0) is 24.3 Å². The molecule has 2 N–H and O–H groups in total. The third-order valence-electron chi connectivity index (χ3n) is 3.99. The van der Waals surface area contributed by atoms with Crippen LogP contribution in [0.5, 0.6) is 17.2 Å². The van der Waals surface area contributed by atoms with Gasteiger partial charge >= 0.3 is 17.1 Å². The first-order valence-corrected chi connectivity index (χ1v) is 8.35. The van der Waals surface area contributed by atoms with E-state index in [-0.39, 0.29) is 17.1 Å². The van der Waals surface area contributed by atoms with Crippen molar-refractivity contribution in [1.29, 1.82) is 0 Å². The van der Waals surface area contributed by atoms with E-state index in [4.69, 9.17) is 4.84 Å². The lowest BCUT2D eigenvalue weighted by molar-refractivity contribution is -0.404. The fraction of sp³-hybridized carbons (Fsp3) is 0. The zero-order valence-corrected chi connectivity index (χ0v) is 15.3. The lowest BCUT2D eigenvalue weighted by atomic mass is 10.2. The van der Waals surface area contributed by atoms with Crippen LogP contribution in [-0.2, 0) is 0 Å². The summed E-state index contributed by atoms with van der Waals surface area (Å²) in [5, 5.41) is 54.9. The molecule has 0 aromatic heterocycles. The van der Waals surface area contributed by atoms with Gasteiger partial charge in [0.15, 0.2) is 0 Å². The fourth-order valence-corrected chi connectivity index (χ4v) is 2.62. The van der Waals surface area contributed by atoms with Crippen molar-refractivity contribution >= 4 is 28.4 Å². The first-order valence-electron chi connectivity index (χ1n) is 8.35. The Balaban J connectivity index is 2.26. The minimum absolute atomic E-state index is 0.172. The average Bonchev–Trinajstić information content (AvgIpc) is 2.73. The van der Waals surface area contributed by atoms with Crippen LogP contribution in [-0.4, -0.2) is 25.0 Å². The lowest BCUT2D eigenvalue weighted by Gasteiger charge is -2.24. The Morgan fingerprint density at radius 3 is 1.87 bits per heavy atom. The highest BCUT2D eigenvalue weighted by atomic mass is 16.7. The molecular formula is C18H12N4O9. The summed E-state index contributed by atoms with van der Waals surface area (Å²) < 4.78 is 0. The molecule has 13 nitrogen and oxygen atoms in total. The molecule has 13 heteroatoms. The van der Waals surface area contributed by atoms with E-state index in [1.54, 1.807) is 18.2 Å². The van der Waals surface area contributed by atoms with E-state index in [0.717, 1.165) is 17.2 Å². The predicted octanol–water partition coefficient (Wildman–Crippen LogP) is 3.95. The van der Waals surface area contributed by atoms with Crippen molar-refractivity contribution in [3.8, 4) is 17.2 Å². The van der Waals surface area contributed by atoms with Crippen LogP contribution in [0.2, 0.25) is 0 Å². The first kappa shape index (κ1) is 20.8. The molecule has 0 unspecified atom stereocenters. The van der Waals surface area contributed by atoms with Gasteiger partial charge in [0, 0.05) is 6.07 Å². The van der Waals surface area contributed by atoms with E-state index >= 15 is 0 Å². The fourth-order valence-electron chi connectivity index (χ4n) is 2.62. The number of anilines is 2. The summed E-state index contributed by atoms with van der Waals surface area (Å²) in [5.41, 5.74) is -2.99. The highest BCUT2D eigenvalue weighted by molar-refractivity contribution is 5.71. The molecule has 158 valence electrons. The number of hydrogen-bond acceptors (Lipinski definition) is 10. The van der Waals surface area contributed by atoms with Crippen LogP contribution in [0.15, 0.2) is 60.7 Å². The zero-order chi connectivity index (χ0) is 22.7. The summed E-state index contributed by atoms with van der Waals surface area (Å²) in [6.45, 7) is 0. The number of nitro benzene ring substituents is 3. The normalized spacial score (nSPS) is 10.3. The molecule has 0 amide bonds. The van der Waals surface area contributed by atoms with Gasteiger partial charge in [0.1, 0.15) is 17.2 Å². The number of aromatic hydroxyl groups is 2. The molecule has 0 heterocycles. The van der Waals surface area contributed by atoms with Gasteiger partial charge in [-0.3, -0.25) is 30.3 Å². The van der Waals surface area contributed by atoms with Crippen LogP contribution in [0.1, 0.15) is 0 Å². The summed E-state index contributed by atoms with van der Waals surface area (Å²) in [6, 6.07) is 12.1. The molecule has 0 atom stereocenters. The summed E-state index contributed by atoms with van der Waals surface area (Å²) in [6.07, 6.45) is 0. The number of phenols is 2. The summed E-state index contributed by atoms with van der Waals surface area (Å²) in [4.78, 5) is 36.4. The van der Waals surface area contributed by atoms with Crippen molar-refractivity contribution in [2.45, 2.75) is 0 Å². The Bertz CT molecular complexity index is 1150. The Morgan fingerprint density at radius 1 is 0.774 bits per heavy atom. The average molecular weight is 428 g/mol. The van der Waals surface area contributed by atoms with Crippen LogP contribution < -0.4 is 9.90 Å². The Hall–Kier alpha value is -4.94. The van der Waals surface area contributed by atoms with Crippen molar-refractivity contribution in [3.05, 3.63) is 91.0 Å². The quantitative estimate of drug-likeness (QED) is 0.317. The van der Waals surface area contributed by atoms with Crippen LogP contribution in [0, 0.1) is 30.3 Å². The topological polar surface area (TPSA) is 182 Å². The van der Waals surface area contributed by atoms with E-state index in [0.29, 0.717) is 12.1 Å². The Labute approximate surface area is 172 Å². The largest absolute Gasteiger partial charge is 0.508 e. The van der Waals surface area contributed by atoms with Gasteiger partial charge in [0.05, 0.1) is 32.6 Å². The third-order valence-corrected chi connectivity index (χ3v) is 3.99. The predicted molar refractivity (Wildman–Crippen MR) is 105 cm³/mol. The second kappa shape index (κ2) is 8.20. The van der Waals surface area contributed by atoms with Gasteiger partial charge in [-0.2, -0.15) is 5.06 Å². The number of benzene rings is 3. The maximum atomic E-state index is 11.5. The molecule has 3 aromatic rings. The van der Waals surface area contributed by atoms with Crippen LogP contribution in [0.4, 0.5) is 28.4 Å². The second-order valence-electron chi connectivity index (χ2n) is 5.98. The summed E-state index contributed by atoms with van der Waals surface area (Å²) in [7, 11) is 0. The summed E-state index contributed by atoms with van der Waals surface area (Å²) >= 11 is 0. The number of nitro groups is 3. The smallest absolute Gasteiger partial charge is 0.328 e. The first-order chi connectivity index (χ1) is 14.7. The molecule has 0 aliphatic heterocycles. The second-order valence-corrected chi connectivity index (χ2v) is 5.98. The zero-order valence-electron chi connectivity index (χ0n) is 15.3. The van der Waals surface area contributed by atoms with Crippen molar-refractivity contribution in [1.82, 2.24) is 0 Å². The maximum absolute atomic E-state index is 11.5. The van der Waals surface area contributed by atoms with E-state index in [1.165, 1.54) is 18.2 Å². The van der Waals surface area contributed by atoms with E-state index < -0.39 is 43.3 Å². The molecule has 0 fully saturated rings. The minimum Gasteiger partial charge on any atom is -0.508 e. The molecule has 0 radical (unpaired) electrons. The molecule has 0 aliphatic carbocycles. The third kappa shape index (κ3) is 4.24. The van der Waals surface area contributed by atoms with E-state index in [2.05, 4.69) is 0 Å². The van der Waals surface area contributed by atoms with Gasteiger partial charge < -0.3 is 15.1 Å². The van der Waals surface area contributed by atoms with Crippen molar-refractivity contribution in [2.24, 2.45) is 0 Å².